The Morgan fingerprint density at radius 3 is 2.51 bits per heavy atom. The van der Waals surface area contributed by atoms with Gasteiger partial charge in [-0.2, -0.15) is 5.06 Å². The Balaban J connectivity index is 1.32. The molecular formula is C31H54N2O6. The lowest BCUT2D eigenvalue weighted by atomic mass is 9.45. The number of fused-ring (bicyclic) bond motifs is 2. The van der Waals surface area contributed by atoms with Crippen LogP contribution in [0.4, 0.5) is 0 Å². The third-order valence-corrected chi connectivity index (χ3v) is 12.0. The Kier molecular flexibility index (Phi) is 9.02. The van der Waals surface area contributed by atoms with Crippen LogP contribution in [-0.2, 0) is 14.4 Å². The highest BCUT2D eigenvalue weighted by Crippen LogP contribution is 2.61. The van der Waals surface area contributed by atoms with Gasteiger partial charge < -0.3 is 25.4 Å². The molecule has 224 valence electrons. The molecule has 6 aliphatic rings. The smallest absolute Gasteiger partial charge is 0.240 e. The second-order valence-electron chi connectivity index (χ2n) is 14.4. The van der Waals surface area contributed by atoms with Crippen LogP contribution in [0.1, 0.15) is 85.5 Å². The van der Waals surface area contributed by atoms with Crippen molar-refractivity contribution in [3.63, 3.8) is 0 Å². The van der Waals surface area contributed by atoms with E-state index >= 15 is 0 Å². The fraction of sp³-hybridized carbons (Fsp3) is 0.968. The second kappa shape index (κ2) is 11.8. The molecule has 1 heterocycles. The summed E-state index contributed by atoms with van der Waals surface area (Å²) in [4.78, 5) is 20.2. The predicted molar refractivity (Wildman–Crippen MR) is 148 cm³/mol. The van der Waals surface area contributed by atoms with Gasteiger partial charge in [-0.05, 0) is 86.9 Å². The van der Waals surface area contributed by atoms with Crippen LogP contribution in [0.15, 0.2) is 0 Å². The quantitative estimate of drug-likeness (QED) is 0.367. The highest BCUT2D eigenvalue weighted by atomic mass is 16.7. The van der Waals surface area contributed by atoms with E-state index in [0.29, 0.717) is 41.5 Å². The van der Waals surface area contributed by atoms with Crippen molar-refractivity contribution in [2.75, 3.05) is 20.3 Å². The van der Waals surface area contributed by atoms with Gasteiger partial charge in [-0.15, -0.1) is 0 Å². The molecule has 8 heteroatoms. The van der Waals surface area contributed by atoms with Crippen molar-refractivity contribution < 1.29 is 29.7 Å². The van der Waals surface area contributed by atoms with E-state index in [-0.39, 0.29) is 36.7 Å². The van der Waals surface area contributed by atoms with Gasteiger partial charge in [0.2, 0.25) is 5.91 Å². The Morgan fingerprint density at radius 1 is 1.15 bits per heavy atom. The van der Waals surface area contributed by atoms with Gasteiger partial charge in [-0.25, -0.2) is 0 Å². The number of methoxy groups -OCH3 is 1. The summed E-state index contributed by atoms with van der Waals surface area (Å²) in [5.41, 5.74) is 0.342. The fourth-order valence-electron chi connectivity index (χ4n) is 9.69. The average molecular weight is 551 g/mol. The number of carbonyl (C=O) groups is 1. The molecule has 0 spiro atoms. The number of hydrogen-bond acceptors (Lipinski definition) is 7. The van der Waals surface area contributed by atoms with Gasteiger partial charge in [0.05, 0.1) is 24.9 Å². The van der Waals surface area contributed by atoms with Crippen LogP contribution in [0.2, 0.25) is 0 Å². The minimum atomic E-state index is -0.792. The lowest BCUT2D eigenvalue weighted by Crippen LogP contribution is -2.62. The molecular weight excluding hydrogens is 496 g/mol. The first-order valence-electron chi connectivity index (χ1n) is 15.8. The van der Waals surface area contributed by atoms with Gasteiger partial charge >= 0.3 is 0 Å². The Bertz CT molecular complexity index is 853. The van der Waals surface area contributed by atoms with Gasteiger partial charge in [-0.1, -0.05) is 33.6 Å². The molecule has 4 N–H and O–H groups in total. The van der Waals surface area contributed by atoms with Crippen LogP contribution in [-0.4, -0.2) is 83.1 Å². The standard InChI is InChI=1S/C31H54N2O6/c1-17-24-13-21(31(24,3)4)14-25(17)32-30(37)28-27(18(2)35)26(16-34)39-33(28)15-20-9-7-11-23(29(20)38-5)19-8-6-10-22(36)12-19/h17-29,34-36H,6-16H2,1-5H3,(H,32,37)/t17-,18-,19?,20?,21+,22?,23?,24-,25-,26-,27+,28-,29?/m0/s1. The number of carbonyl (C=O) groups excluding carboxylic acids is 1. The maximum absolute atomic E-state index is 14.0. The van der Waals surface area contributed by atoms with Crippen molar-refractivity contribution in [3.8, 4) is 0 Å². The minimum Gasteiger partial charge on any atom is -0.394 e. The lowest BCUT2D eigenvalue weighted by Gasteiger charge is -2.62. The normalized spacial score (nSPS) is 46.9. The van der Waals surface area contributed by atoms with Crippen LogP contribution in [0, 0.1) is 46.8 Å². The molecule has 5 unspecified atom stereocenters. The zero-order valence-electron chi connectivity index (χ0n) is 24.8. The summed E-state index contributed by atoms with van der Waals surface area (Å²) in [6, 6.07) is -0.530. The molecule has 0 radical (unpaired) electrons. The summed E-state index contributed by atoms with van der Waals surface area (Å²) in [7, 11) is 1.79. The van der Waals surface area contributed by atoms with Crippen molar-refractivity contribution in [1.82, 2.24) is 10.4 Å². The van der Waals surface area contributed by atoms with E-state index in [1.807, 2.05) is 0 Å². The first-order chi connectivity index (χ1) is 18.6. The zero-order chi connectivity index (χ0) is 28.1. The SMILES string of the molecule is COC1C(CN2O[C@@H](CO)[C@@H]([C@H](C)O)[C@H]2C(=O)N[C@H]2C[C@H]3C[C@@H]([C@@H]2C)C3(C)C)CCCC1C1CCCC(O)C1. The topological polar surface area (TPSA) is 111 Å². The number of aliphatic hydroxyl groups is 3. The molecule has 1 amide bonds. The number of hydrogen-bond donors (Lipinski definition) is 4. The van der Waals surface area contributed by atoms with E-state index in [4.69, 9.17) is 9.57 Å². The van der Waals surface area contributed by atoms with Crippen LogP contribution in [0.3, 0.4) is 0 Å². The maximum Gasteiger partial charge on any atom is 0.240 e. The highest BCUT2D eigenvalue weighted by Gasteiger charge is 2.57. The van der Waals surface area contributed by atoms with Crippen LogP contribution in [0.5, 0.6) is 0 Å². The van der Waals surface area contributed by atoms with Crippen molar-refractivity contribution in [3.05, 3.63) is 0 Å². The van der Waals surface area contributed by atoms with Gasteiger partial charge in [-0.3, -0.25) is 9.63 Å². The molecule has 0 aromatic heterocycles. The van der Waals surface area contributed by atoms with Crippen LogP contribution >= 0.6 is 0 Å². The summed E-state index contributed by atoms with van der Waals surface area (Å²) < 4.78 is 6.15. The molecule has 8 nitrogen and oxygen atoms in total. The molecule has 0 aromatic carbocycles. The third-order valence-electron chi connectivity index (χ3n) is 12.0. The van der Waals surface area contributed by atoms with Crippen molar-refractivity contribution in [2.24, 2.45) is 46.8 Å². The lowest BCUT2D eigenvalue weighted by molar-refractivity contribution is -0.193. The fourth-order valence-corrected chi connectivity index (χ4v) is 9.69. The predicted octanol–water partition coefficient (Wildman–Crippen LogP) is 3.13. The van der Waals surface area contributed by atoms with Gasteiger partial charge in [0.25, 0.3) is 0 Å². The van der Waals surface area contributed by atoms with E-state index in [2.05, 4.69) is 26.1 Å². The molecule has 0 aromatic rings. The molecule has 5 saturated carbocycles. The van der Waals surface area contributed by atoms with E-state index in [9.17, 15) is 20.1 Å². The molecule has 2 bridgehead atoms. The Hall–Kier alpha value is -0.770. The number of amides is 1. The summed E-state index contributed by atoms with van der Waals surface area (Å²) in [5, 5.41) is 36.4. The number of hydroxylamine groups is 2. The summed E-state index contributed by atoms with van der Waals surface area (Å²) in [5.74, 6) is 2.09. The number of ether oxygens (including phenoxy) is 1. The third kappa shape index (κ3) is 5.55. The van der Waals surface area contributed by atoms with Gasteiger partial charge in [0.15, 0.2) is 0 Å². The zero-order valence-corrected chi connectivity index (χ0v) is 24.8. The van der Waals surface area contributed by atoms with Crippen LogP contribution in [0.25, 0.3) is 0 Å². The summed E-state index contributed by atoms with van der Waals surface area (Å²) >= 11 is 0. The Labute approximate surface area is 235 Å². The first kappa shape index (κ1) is 29.7. The van der Waals surface area contributed by atoms with Crippen molar-refractivity contribution in [1.29, 1.82) is 0 Å². The van der Waals surface area contributed by atoms with Crippen molar-refractivity contribution >= 4 is 5.91 Å². The average Bonchev–Trinajstić information content (AvgIpc) is 3.28. The van der Waals surface area contributed by atoms with E-state index < -0.39 is 24.2 Å². The second-order valence-corrected chi connectivity index (χ2v) is 14.4. The number of nitrogens with zero attached hydrogens (tertiary/aromatic N) is 1. The Morgan fingerprint density at radius 2 is 1.90 bits per heavy atom. The molecule has 6 rings (SSSR count). The van der Waals surface area contributed by atoms with Crippen molar-refractivity contribution in [2.45, 2.75) is 122 Å². The molecule has 1 aliphatic heterocycles. The molecule has 39 heavy (non-hydrogen) atoms. The largest absolute Gasteiger partial charge is 0.394 e. The monoisotopic (exact) mass is 550 g/mol. The molecule has 1 saturated heterocycles. The summed E-state index contributed by atoms with van der Waals surface area (Å²) in [6.45, 7) is 8.98. The number of aliphatic hydroxyl groups excluding tert-OH is 3. The van der Waals surface area contributed by atoms with E-state index in [0.717, 1.165) is 51.4 Å². The first-order valence-corrected chi connectivity index (χ1v) is 15.8. The number of rotatable bonds is 8. The summed E-state index contributed by atoms with van der Waals surface area (Å²) in [6.07, 6.45) is 7.77. The van der Waals surface area contributed by atoms with Crippen LogP contribution < -0.4 is 5.32 Å². The maximum atomic E-state index is 14.0. The highest BCUT2D eigenvalue weighted by molar-refractivity contribution is 5.82. The number of nitrogens with one attached hydrogen (secondary N) is 1. The minimum absolute atomic E-state index is 0.0345. The van der Waals surface area contributed by atoms with Gasteiger partial charge in [0, 0.05) is 31.5 Å². The molecule has 13 atom stereocenters. The van der Waals surface area contributed by atoms with Gasteiger partial charge in [0.1, 0.15) is 12.1 Å². The molecule has 5 aliphatic carbocycles. The molecule has 6 fully saturated rings. The van der Waals surface area contributed by atoms with E-state index in [1.54, 1.807) is 19.1 Å². The van der Waals surface area contributed by atoms with E-state index in [1.165, 1.54) is 6.42 Å².